The van der Waals surface area contributed by atoms with Crippen molar-refractivity contribution in [2.75, 3.05) is 6.54 Å². The van der Waals surface area contributed by atoms with Crippen LogP contribution in [0.5, 0.6) is 0 Å². The first-order valence-corrected chi connectivity index (χ1v) is 10.1. The molecule has 146 valence electrons. The molecule has 0 spiro atoms. The molecule has 0 aliphatic rings. The van der Waals surface area contributed by atoms with Gasteiger partial charge >= 0.3 is 0 Å². The quantitative estimate of drug-likeness (QED) is 0.494. The van der Waals surface area contributed by atoms with Crippen LogP contribution in [0.25, 0.3) is 15.3 Å². The maximum atomic E-state index is 12.4. The summed E-state index contributed by atoms with van der Waals surface area (Å²) in [5, 5.41) is 6.86. The van der Waals surface area contributed by atoms with Gasteiger partial charge in [-0.25, -0.2) is 4.98 Å². The largest absolute Gasteiger partial charge is 0.350 e. The molecule has 0 saturated carbocycles. The first kappa shape index (κ1) is 19.2. The third-order valence-corrected chi connectivity index (χ3v) is 5.52. The van der Waals surface area contributed by atoms with E-state index in [1.165, 1.54) is 11.3 Å². The second kappa shape index (κ2) is 8.46. The molecule has 0 fully saturated rings. The molecule has 2 amide bonds. The van der Waals surface area contributed by atoms with Gasteiger partial charge in [-0.2, -0.15) is 0 Å². The Bertz CT molecular complexity index is 1170. The van der Waals surface area contributed by atoms with E-state index in [-0.39, 0.29) is 18.4 Å². The van der Waals surface area contributed by atoms with Gasteiger partial charge in [0.2, 0.25) is 5.91 Å². The van der Waals surface area contributed by atoms with Gasteiger partial charge < -0.3 is 15.2 Å². The number of hydrogen-bond acceptors (Lipinski definition) is 4. The number of aromatic nitrogens is 2. The number of carbonyl (C=O) groups excluding carboxylic acids is 2. The molecule has 6 nitrogen and oxygen atoms in total. The number of nitrogens with zero attached hydrogens (tertiary/aromatic N) is 2. The summed E-state index contributed by atoms with van der Waals surface area (Å²) in [6.07, 6.45) is 3.85. The first-order chi connectivity index (χ1) is 14.1. The minimum Gasteiger partial charge on any atom is -0.350 e. The summed E-state index contributed by atoms with van der Waals surface area (Å²) < 4.78 is 2.83. The van der Waals surface area contributed by atoms with E-state index in [1.807, 2.05) is 47.3 Å². The van der Waals surface area contributed by atoms with Crippen LogP contribution in [0, 0.1) is 0 Å². The standard InChI is InChI=1S/C21H17ClN4O2S/c22-16-5-3-4-14(10-16)12-23-19(27)13-24-20(28)15-6-7-17-18(11-15)29-21(25-17)26-8-1-2-9-26/h1-11H,12-13H2,(H,23,27)(H,24,28). The number of thiazole rings is 1. The van der Waals surface area contributed by atoms with Crippen LogP contribution in [0.4, 0.5) is 0 Å². The number of carbonyl (C=O) groups is 2. The third kappa shape index (κ3) is 4.64. The molecule has 0 unspecified atom stereocenters. The van der Waals surface area contributed by atoms with Crippen LogP contribution in [-0.4, -0.2) is 27.9 Å². The van der Waals surface area contributed by atoms with Crippen molar-refractivity contribution in [1.82, 2.24) is 20.2 Å². The van der Waals surface area contributed by atoms with Crippen molar-refractivity contribution >= 4 is 45.0 Å². The molecule has 2 N–H and O–H groups in total. The molecule has 2 aromatic carbocycles. The maximum absolute atomic E-state index is 12.4. The summed E-state index contributed by atoms with van der Waals surface area (Å²) in [6, 6.07) is 16.4. The lowest BCUT2D eigenvalue weighted by Gasteiger charge is -2.07. The highest BCUT2D eigenvalue weighted by molar-refractivity contribution is 7.20. The molecule has 0 radical (unpaired) electrons. The fourth-order valence-electron chi connectivity index (χ4n) is 2.80. The van der Waals surface area contributed by atoms with Crippen LogP contribution in [0.2, 0.25) is 5.02 Å². The highest BCUT2D eigenvalue weighted by Gasteiger charge is 2.11. The van der Waals surface area contributed by atoms with E-state index in [2.05, 4.69) is 15.6 Å². The number of amides is 2. The minimum absolute atomic E-state index is 0.102. The molecule has 2 heterocycles. The lowest BCUT2D eigenvalue weighted by atomic mass is 10.2. The molecule has 0 saturated heterocycles. The summed E-state index contributed by atoms with van der Waals surface area (Å²) in [6.45, 7) is 0.249. The van der Waals surface area contributed by atoms with Crippen LogP contribution in [0.3, 0.4) is 0 Å². The lowest BCUT2D eigenvalue weighted by molar-refractivity contribution is -0.120. The molecule has 4 aromatic rings. The summed E-state index contributed by atoms with van der Waals surface area (Å²) >= 11 is 7.43. The Morgan fingerprint density at radius 2 is 1.86 bits per heavy atom. The Kier molecular flexibility index (Phi) is 5.59. The number of rotatable bonds is 6. The molecule has 29 heavy (non-hydrogen) atoms. The van der Waals surface area contributed by atoms with E-state index in [0.717, 1.165) is 20.9 Å². The van der Waals surface area contributed by atoms with Crippen LogP contribution in [0.1, 0.15) is 15.9 Å². The number of benzene rings is 2. The van der Waals surface area contributed by atoms with E-state index >= 15 is 0 Å². The number of halogens is 1. The van der Waals surface area contributed by atoms with Gasteiger partial charge in [0.05, 0.1) is 16.8 Å². The Hall–Kier alpha value is -3.16. The van der Waals surface area contributed by atoms with Crippen LogP contribution < -0.4 is 10.6 Å². The van der Waals surface area contributed by atoms with Crippen molar-refractivity contribution in [3.63, 3.8) is 0 Å². The van der Waals surface area contributed by atoms with Gasteiger partial charge in [0.15, 0.2) is 5.13 Å². The molecule has 0 bridgehead atoms. The van der Waals surface area contributed by atoms with Gasteiger partial charge in [-0.05, 0) is 48.0 Å². The highest BCUT2D eigenvalue weighted by atomic mass is 35.5. The van der Waals surface area contributed by atoms with Gasteiger partial charge in [0, 0.05) is 29.5 Å². The Balaban J connectivity index is 1.35. The van der Waals surface area contributed by atoms with Crippen LogP contribution in [0.15, 0.2) is 67.0 Å². The summed E-state index contributed by atoms with van der Waals surface area (Å²) in [5.41, 5.74) is 2.21. The predicted molar refractivity (Wildman–Crippen MR) is 115 cm³/mol. The molecule has 0 aliphatic carbocycles. The second-order valence-electron chi connectivity index (χ2n) is 6.36. The van der Waals surface area contributed by atoms with Gasteiger partial charge in [-0.3, -0.25) is 9.59 Å². The van der Waals surface area contributed by atoms with Crippen molar-refractivity contribution < 1.29 is 9.59 Å². The molecule has 0 atom stereocenters. The number of hydrogen-bond donors (Lipinski definition) is 2. The Morgan fingerprint density at radius 3 is 2.66 bits per heavy atom. The fourth-order valence-corrected chi connectivity index (χ4v) is 3.98. The van der Waals surface area contributed by atoms with Crippen molar-refractivity contribution in [3.8, 4) is 5.13 Å². The smallest absolute Gasteiger partial charge is 0.251 e. The van der Waals surface area contributed by atoms with Crippen molar-refractivity contribution in [3.05, 3.63) is 83.1 Å². The highest BCUT2D eigenvalue weighted by Crippen LogP contribution is 2.26. The number of fused-ring (bicyclic) bond motifs is 1. The van der Waals surface area contributed by atoms with Crippen molar-refractivity contribution in [2.24, 2.45) is 0 Å². The average Bonchev–Trinajstić information content (AvgIpc) is 3.39. The Morgan fingerprint density at radius 1 is 1.03 bits per heavy atom. The predicted octanol–water partition coefficient (Wildman–Crippen LogP) is 3.79. The van der Waals surface area contributed by atoms with E-state index < -0.39 is 0 Å². The van der Waals surface area contributed by atoms with Gasteiger partial charge in [-0.1, -0.05) is 35.1 Å². The average molecular weight is 425 g/mol. The van der Waals surface area contributed by atoms with Crippen LogP contribution in [-0.2, 0) is 11.3 Å². The van der Waals surface area contributed by atoms with E-state index in [1.54, 1.807) is 24.3 Å². The van der Waals surface area contributed by atoms with Crippen molar-refractivity contribution in [1.29, 1.82) is 0 Å². The van der Waals surface area contributed by atoms with E-state index in [4.69, 9.17) is 11.6 Å². The van der Waals surface area contributed by atoms with Gasteiger partial charge in [0.25, 0.3) is 5.91 Å². The first-order valence-electron chi connectivity index (χ1n) is 8.92. The summed E-state index contributed by atoms with van der Waals surface area (Å²) in [5.74, 6) is -0.576. The van der Waals surface area contributed by atoms with Gasteiger partial charge in [-0.15, -0.1) is 0 Å². The molecule has 8 heteroatoms. The second-order valence-corrected chi connectivity index (χ2v) is 7.80. The van der Waals surface area contributed by atoms with Crippen molar-refractivity contribution in [2.45, 2.75) is 6.54 Å². The summed E-state index contributed by atoms with van der Waals surface area (Å²) in [7, 11) is 0. The van der Waals surface area contributed by atoms with Crippen LogP contribution >= 0.6 is 22.9 Å². The molecule has 4 rings (SSSR count). The maximum Gasteiger partial charge on any atom is 0.251 e. The Labute approximate surface area is 176 Å². The number of nitrogens with one attached hydrogen (secondary N) is 2. The lowest BCUT2D eigenvalue weighted by Crippen LogP contribution is -2.36. The topological polar surface area (TPSA) is 76.0 Å². The fraction of sp³-hybridized carbons (Fsp3) is 0.0952. The zero-order valence-electron chi connectivity index (χ0n) is 15.3. The zero-order valence-corrected chi connectivity index (χ0v) is 16.8. The SMILES string of the molecule is O=C(CNC(=O)c1ccc2nc(-n3cccc3)sc2c1)NCc1cccc(Cl)c1. The zero-order chi connectivity index (χ0) is 20.2. The molecule has 2 aromatic heterocycles. The third-order valence-electron chi connectivity index (χ3n) is 4.25. The minimum atomic E-state index is -0.305. The normalized spacial score (nSPS) is 10.8. The monoisotopic (exact) mass is 424 g/mol. The molecular weight excluding hydrogens is 408 g/mol. The molecule has 0 aliphatic heterocycles. The van der Waals surface area contributed by atoms with E-state index in [0.29, 0.717) is 17.1 Å². The van der Waals surface area contributed by atoms with E-state index in [9.17, 15) is 9.59 Å². The summed E-state index contributed by atoms with van der Waals surface area (Å²) in [4.78, 5) is 29.0. The molecular formula is C21H17ClN4O2S. The van der Waals surface area contributed by atoms with Gasteiger partial charge in [0.1, 0.15) is 0 Å².